The zero-order chi connectivity index (χ0) is 14.7. The topological polar surface area (TPSA) is 42.2 Å². The third-order valence-electron chi connectivity index (χ3n) is 3.58. The Kier molecular flexibility index (Phi) is 4.56. The van der Waals surface area contributed by atoms with Gasteiger partial charge in [-0.2, -0.15) is 0 Å². The summed E-state index contributed by atoms with van der Waals surface area (Å²) in [5, 5.41) is 3.67. The minimum Gasteiger partial charge on any atom is -0.452 e. The third-order valence-corrected chi connectivity index (χ3v) is 5.22. The van der Waals surface area contributed by atoms with Crippen LogP contribution in [0, 0.1) is 0 Å². The number of benzene rings is 1. The normalized spacial score (nSPS) is 15.3. The smallest absolute Gasteiger partial charge is 0.260 e. The SMILES string of the molecule is O=C(Nc1ccc(SC2CCCC2)cc1)c1ccoc1Cl. The van der Waals surface area contributed by atoms with Crippen LogP contribution < -0.4 is 5.32 Å². The molecule has 5 heteroatoms. The molecular formula is C16H16ClNO2S. The van der Waals surface area contributed by atoms with E-state index in [1.54, 1.807) is 6.07 Å². The first kappa shape index (κ1) is 14.5. The van der Waals surface area contributed by atoms with Crippen molar-refractivity contribution in [2.75, 3.05) is 5.32 Å². The number of rotatable bonds is 4. The number of nitrogens with one attached hydrogen (secondary N) is 1. The van der Waals surface area contributed by atoms with Crippen LogP contribution in [0.3, 0.4) is 0 Å². The van der Waals surface area contributed by atoms with Gasteiger partial charge in [0.15, 0.2) is 0 Å². The van der Waals surface area contributed by atoms with Crippen LogP contribution in [0.1, 0.15) is 36.0 Å². The van der Waals surface area contributed by atoms with E-state index in [0.717, 1.165) is 10.9 Å². The molecule has 0 saturated heterocycles. The van der Waals surface area contributed by atoms with Gasteiger partial charge in [0.2, 0.25) is 5.22 Å². The summed E-state index contributed by atoms with van der Waals surface area (Å²) in [6.45, 7) is 0. The molecule has 0 radical (unpaired) electrons. The van der Waals surface area contributed by atoms with Crippen LogP contribution in [0.15, 0.2) is 45.9 Å². The third kappa shape index (κ3) is 3.63. The summed E-state index contributed by atoms with van der Waals surface area (Å²) in [7, 11) is 0. The van der Waals surface area contributed by atoms with Gasteiger partial charge in [0.1, 0.15) is 0 Å². The Balaban J connectivity index is 1.61. The zero-order valence-corrected chi connectivity index (χ0v) is 13.0. The molecule has 110 valence electrons. The number of amides is 1. The molecule has 1 N–H and O–H groups in total. The van der Waals surface area contributed by atoms with Gasteiger partial charge >= 0.3 is 0 Å². The van der Waals surface area contributed by atoms with Crippen molar-refractivity contribution in [2.24, 2.45) is 0 Å². The highest BCUT2D eigenvalue weighted by Crippen LogP contribution is 2.35. The van der Waals surface area contributed by atoms with Gasteiger partial charge in [0.05, 0.1) is 11.8 Å². The minimum atomic E-state index is -0.259. The summed E-state index contributed by atoms with van der Waals surface area (Å²) in [6, 6.07) is 9.50. The quantitative estimate of drug-likeness (QED) is 0.839. The first-order valence-corrected chi connectivity index (χ1v) is 8.29. The predicted octanol–water partition coefficient (Wildman–Crippen LogP) is 5.22. The monoisotopic (exact) mass is 321 g/mol. The summed E-state index contributed by atoms with van der Waals surface area (Å²) >= 11 is 7.72. The molecule has 1 fully saturated rings. The summed E-state index contributed by atoms with van der Waals surface area (Å²) < 4.78 is 4.92. The first-order chi connectivity index (χ1) is 10.2. The average molecular weight is 322 g/mol. The lowest BCUT2D eigenvalue weighted by Crippen LogP contribution is -2.11. The van der Waals surface area contributed by atoms with Crippen LogP contribution in [0.5, 0.6) is 0 Å². The predicted molar refractivity (Wildman–Crippen MR) is 86.2 cm³/mol. The Morgan fingerprint density at radius 2 is 1.90 bits per heavy atom. The number of hydrogen-bond acceptors (Lipinski definition) is 3. The highest BCUT2D eigenvalue weighted by molar-refractivity contribution is 8.00. The molecule has 1 aromatic heterocycles. The Hall–Kier alpha value is -1.39. The lowest BCUT2D eigenvalue weighted by atomic mass is 10.3. The lowest BCUT2D eigenvalue weighted by Gasteiger charge is -2.09. The van der Waals surface area contributed by atoms with E-state index < -0.39 is 0 Å². The van der Waals surface area contributed by atoms with E-state index >= 15 is 0 Å². The molecule has 3 nitrogen and oxygen atoms in total. The second-order valence-electron chi connectivity index (χ2n) is 5.11. The van der Waals surface area contributed by atoms with Gasteiger partial charge in [-0.1, -0.05) is 12.8 Å². The maximum Gasteiger partial charge on any atom is 0.260 e. The molecule has 0 spiro atoms. The van der Waals surface area contributed by atoms with Crippen molar-refractivity contribution >= 4 is 35.0 Å². The van der Waals surface area contributed by atoms with Crippen LogP contribution >= 0.6 is 23.4 Å². The Labute approximate surface area is 133 Å². The van der Waals surface area contributed by atoms with E-state index in [0.29, 0.717) is 5.56 Å². The molecule has 1 aliphatic carbocycles. The maximum atomic E-state index is 12.0. The van der Waals surface area contributed by atoms with Crippen LogP contribution in [0.4, 0.5) is 5.69 Å². The molecule has 0 aliphatic heterocycles. The fraction of sp³-hybridized carbons (Fsp3) is 0.312. The van der Waals surface area contributed by atoms with Gasteiger partial charge in [-0.3, -0.25) is 4.79 Å². The number of furan rings is 1. The van der Waals surface area contributed by atoms with Crippen molar-refractivity contribution in [1.29, 1.82) is 0 Å². The molecule has 21 heavy (non-hydrogen) atoms. The molecule has 1 saturated carbocycles. The van der Waals surface area contributed by atoms with Crippen LogP contribution in [-0.4, -0.2) is 11.2 Å². The number of carbonyl (C=O) groups excluding carboxylic acids is 1. The molecule has 3 rings (SSSR count). The number of carbonyl (C=O) groups is 1. The van der Waals surface area contributed by atoms with Crippen molar-refractivity contribution in [3.63, 3.8) is 0 Å². The van der Waals surface area contributed by atoms with E-state index in [1.807, 2.05) is 23.9 Å². The highest BCUT2D eigenvalue weighted by Gasteiger charge is 2.16. The number of hydrogen-bond donors (Lipinski definition) is 1. The van der Waals surface area contributed by atoms with Gasteiger partial charge in [0, 0.05) is 15.8 Å². The minimum absolute atomic E-state index is 0.112. The van der Waals surface area contributed by atoms with Crippen LogP contribution in [-0.2, 0) is 0 Å². The number of thioether (sulfide) groups is 1. The van der Waals surface area contributed by atoms with Crippen molar-refractivity contribution in [3.05, 3.63) is 47.4 Å². The van der Waals surface area contributed by atoms with Gasteiger partial charge in [-0.05, 0) is 54.8 Å². The van der Waals surface area contributed by atoms with Crippen LogP contribution in [0.25, 0.3) is 0 Å². The summed E-state index contributed by atoms with van der Waals surface area (Å²) in [6.07, 6.45) is 6.71. The summed E-state index contributed by atoms with van der Waals surface area (Å²) in [4.78, 5) is 13.3. The second-order valence-corrected chi connectivity index (χ2v) is 6.83. The summed E-state index contributed by atoms with van der Waals surface area (Å²) in [5.41, 5.74) is 1.11. The largest absolute Gasteiger partial charge is 0.452 e. The molecule has 1 aliphatic rings. The molecule has 1 aromatic carbocycles. The maximum absolute atomic E-state index is 12.0. The first-order valence-electron chi connectivity index (χ1n) is 7.03. The van der Waals surface area contributed by atoms with Crippen molar-refractivity contribution in [1.82, 2.24) is 0 Å². The second kappa shape index (κ2) is 6.58. The van der Waals surface area contributed by atoms with Crippen molar-refractivity contribution < 1.29 is 9.21 Å². The Morgan fingerprint density at radius 3 is 2.52 bits per heavy atom. The van der Waals surface area contributed by atoms with Gasteiger partial charge < -0.3 is 9.73 Å². The Morgan fingerprint density at radius 1 is 1.19 bits per heavy atom. The van der Waals surface area contributed by atoms with Gasteiger partial charge in [-0.15, -0.1) is 11.8 Å². The van der Waals surface area contributed by atoms with Gasteiger partial charge in [0.25, 0.3) is 5.91 Å². The summed E-state index contributed by atoms with van der Waals surface area (Å²) in [5.74, 6) is -0.259. The van der Waals surface area contributed by atoms with Crippen LogP contribution in [0.2, 0.25) is 5.22 Å². The Bertz CT molecular complexity index is 617. The van der Waals surface area contributed by atoms with Crippen molar-refractivity contribution in [2.45, 2.75) is 35.8 Å². The number of anilines is 1. The van der Waals surface area contributed by atoms with E-state index in [1.165, 1.54) is 36.8 Å². The molecular weight excluding hydrogens is 306 g/mol. The molecule has 0 unspecified atom stereocenters. The zero-order valence-electron chi connectivity index (χ0n) is 11.5. The van der Waals surface area contributed by atoms with E-state index in [2.05, 4.69) is 17.4 Å². The van der Waals surface area contributed by atoms with E-state index in [4.69, 9.17) is 16.0 Å². The molecule has 1 amide bonds. The van der Waals surface area contributed by atoms with Crippen molar-refractivity contribution in [3.8, 4) is 0 Å². The molecule has 0 bridgehead atoms. The fourth-order valence-electron chi connectivity index (χ4n) is 2.47. The molecule has 1 heterocycles. The van der Waals surface area contributed by atoms with Gasteiger partial charge in [-0.25, -0.2) is 0 Å². The molecule has 2 aromatic rings. The average Bonchev–Trinajstić information content (AvgIpc) is 3.12. The lowest BCUT2D eigenvalue weighted by molar-refractivity contribution is 0.102. The standard InChI is InChI=1S/C16H16ClNO2S/c17-15-14(9-10-20-15)16(19)18-11-5-7-13(8-6-11)21-12-3-1-2-4-12/h5-10,12H,1-4H2,(H,18,19). The van der Waals surface area contributed by atoms with E-state index in [-0.39, 0.29) is 11.1 Å². The fourth-order valence-corrected chi connectivity index (χ4v) is 3.92. The van der Waals surface area contributed by atoms with E-state index in [9.17, 15) is 4.79 Å². The highest BCUT2D eigenvalue weighted by atomic mass is 35.5. The molecule has 0 atom stereocenters. The number of halogens is 1.